The van der Waals surface area contributed by atoms with Gasteiger partial charge in [0, 0.05) is 22.1 Å². The Hall–Kier alpha value is -3.63. The highest BCUT2D eigenvalue weighted by Gasteiger charge is 2.04. The van der Waals surface area contributed by atoms with Crippen molar-refractivity contribution in [3.63, 3.8) is 0 Å². The maximum Gasteiger partial charge on any atom is 0.300 e. The third-order valence-electron chi connectivity index (χ3n) is 3.27. The number of hydrogen-bond donors (Lipinski definition) is 3. The Labute approximate surface area is 161 Å². The summed E-state index contributed by atoms with van der Waals surface area (Å²) >= 11 is 5.98. The largest absolute Gasteiger partial charge is 0.324 e. The smallest absolute Gasteiger partial charge is 0.300 e. The molecular formula is C19H15ClN6O. The van der Waals surface area contributed by atoms with E-state index in [-0.39, 0.29) is 5.91 Å². The van der Waals surface area contributed by atoms with Gasteiger partial charge in [0.05, 0.1) is 0 Å². The highest BCUT2D eigenvalue weighted by molar-refractivity contribution is 6.30. The normalized spacial score (nSPS) is 9.70. The van der Waals surface area contributed by atoms with Gasteiger partial charge in [-0.2, -0.15) is 4.98 Å². The first kappa shape index (κ1) is 18.2. The Morgan fingerprint density at radius 2 is 1.59 bits per heavy atom. The molecule has 0 radical (unpaired) electrons. The number of hydrogen-bond acceptors (Lipinski definition) is 6. The van der Waals surface area contributed by atoms with E-state index in [4.69, 9.17) is 11.6 Å². The molecular weight excluding hydrogens is 364 g/mol. The molecule has 0 unspecified atom stereocenters. The molecule has 3 rings (SSSR count). The lowest BCUT2D eigenvalue weighted by Gasteiger charge is -2.09. The first-order valence-corrected chi connectivity index (χ1v) is 8.32. The Morgan fingerprint density at radius 1 is 0.963 bits per heavy atom. The molecule has 134 valence electrons. The number of carbonyl (C=O) groups is 1. The second-order valence-corrected chi connectivity index (χ2v) is 5.74. The third kappa shape index (κ3) is 5.42. The maximum absolute atomic E-state index is 11.6. The molecule has 0 spiro atoms. The molecule has 0 aliphatic carbocycles. The van der Waals surface area contributed by atoms with E-state index in [9.17, 15) is 4.79 Å². The van der Waals surface area contributed by atoms with Crippen LogP contribution in [-0.4, -0.2) is 20.9 Å². The number of anilines is 5. The van der Waals surface area contributed by atoms with Crippen LogP contribution in [0, 0.1) is 11.8 Å². The van der Waals surface area contributed by atoms with Crippen molar-refractivity contribution in [3.8, 4) is 11.8 Å². The fraction of sp³-hybridized carbons (Fsp3) is 0.0526. The molecule has 0 aliphatic rings. The highest BCUT2D eigenvalue weighted by Crippen LogP contribution is 2.20. The molecule has 1 aromatic heterocycles. The minimum atomic E-state index is -0.372. The van der Waals surface area contributed by atoms with Gasteiger partial charge in [-0.25, -0.2) is 9.97 Å². The van der Waals surface area contributed by atoms with Crippen molar-refractivity contribution in [2.24, 2.45) is 0 Å². The van der Waals surface area contributed by atoms with Gasteiger partial charge >= 0.3 is 0 Å². The number of halogens is 1. The third-order valence-corrected chi connectivity index (χ3v) is 3.50. The fourth-order valence-corrected chi connectivity index (χ4v) is 2.38. The van der Waals surface area contributed by atoms with E-state index in [0.29, 0.717) is 28.3 Å². The molecule has 0 bridgehead atoms. The summed E-state index contributed by atoms with van der Waals surface area (Å²) in [5.74, 6) is 5.33. The van der Waals surface area contributed by atoms with Crippen molar-refractivity contribution < 1.29 is 4.79 Å². The second-order valence-electron chi connectivity index (χ2n) is 5.30. The Balaban J connectivity index is 1.72. The molecule has 3 N–H and O–H groups in total. The van der Waals surface area contributed by atoms with E-state index in [0.717, 1.165) is 5.69 Å². The average molecular weight is 379 g/mol. The van der Waals surface area contributed by atoms with Crippen LogP contribution in [0.2, 0.25) is 5.02 Å². The summed E-state index contributed by atoms with van der Waals surface area (Å²) in [7, 11) is 0. The summed E-state index contributed by atoms with van der Waals surface area (Å²) in [6.45, 7) is 1.60. The number of rotatable bonds is 5. The summed E-state index contributed by atoms with van der Waals surface area (Å²) in [4.78, 5) is 24.1. The van der Waals surface area contributed by atoms with Crippen LogP contribution in [0.4, 0.5) is 29.0 Å². The molecule has 8 heteroatoms. The van der Waals surface area contributed by atoms with Gasteiger partial charge in [0.15, 0.2) is 0 Å². The quantitative estimate of drug-likeness (QED) is 0.582. The number of amides is 1. The molecule has 1 heterocycles. The minimum Gasteiger partial charge on any atom is -0.324 e. The van der Waals surface area contributed by atoms with E-state index >= 15 is 0 Å². The zero-order valence-corrected chi connectivity index (χ0v) is 15.1. The topological polar surface area (TPSA) is 91.8 Å². The van der Waals surface area contributed by atoms with Crippen molar-refractivity contribution in [2.45, 2.75) is 6.92 Å². The van der Waals surface area contributed by atoms with Crippen LogP contribution >= 0.6 is 11.6 Å². The van der Waals surface area contributed by atoms with E-state index in [2.05, 4.69) is 42.7 Å². The van der Waals surface area contributed by atoms with Gasteiger partial charge in [0.25, 0.3) is 5.91 Å². The molecule has 2 aromatic carbocycles. The zero-order valence-electron chi connectivity index (χ0n) is 14.3. The number of nitrogens with one attached hydrogen (secondary N) is 3. The van der Waals surface area contributed by atoms with Gasteiger partial charge in [0.2, 0.25) is 11.9 Å². The average Bonchev–Trinajstić information content (AvgIpc) is 2.62. The first-order chi connectivity index (χ1) is 13.1. The van der Waals surface area contributed by atoms with E-state index in [1.54, 1.807) is 37.3 Å². The lowest BCUT2D eigenvalue weighted by atomic mass is 10.2. The van der Waals surface area contributed by atoms with Crippen LogP contribution < -0.4 is 16.0 Å². The Bertz CT molecular complexity index is 1030. The van der Waals surface area contributed by atoms with Crippen LogP contribution in [0.5, 0.6) is 0 Å². The van der Waals surface area contributed by atoms with Gasteiger partial charge in [-0.15, -0.1) is 0 Å². The standard InChI is InChI=1S/C19H15ClN6O/c1-2-5-17(27)23-15-8-4-9-16(11-15)25-19-22-12-21-18(26-19)24-14-7-3-6-13(20)10-14/h3-4,6-12H,1H3,(H,23,27)(H2,21,22,24,25,26). The zero-order chi connectivity index (χ0) is 19.1. The summed E-state index contributed by atoms with van der Waals surface area (Å²) in [6.07, 6.45) is 1.39. The van der Waals surface area contributed by atoms with E-state index in [1.807, 2.05) is 18.2 Å². The van der Waals surface area contributed by atoms with Crippen molar-refractivity contribution in [1.82, 2.24) is 15.0 Å². The summed E-state index contributed by atoms with van der Waals surface area (Å²) in [5.41, 5.74) is 2.08. The SMILES string of the molecule is CC#CC(=O)Nc1cccc(Nc2ncnc(Nc3cccc(Cl)c3)n2)c1. The van der Waals surface area contributed by atoms with Gasteiger partial charge in [0.1, 0.15) is 6.33 Å². The van der Waals surface area contributed by atoms with Crippen LogP contribution in [0.3, 0.4) is 0 Å². The molecule has 0 saturated heterocycles. The number of carbonyl (C=O) groups excluding carboxylic acids is 1. The van der Waals surface area contributed by atoms with Crippen LogP contribution in [0.15, 0.2) is 54.9 Å². The molecule has 0 fully saturated rings. The maximum atomic E-state index is 11.6. The van der Waals surface area contributed by atoms with Crippen molar-refractivity contribution in [3.05, 3.63) is 59.9 Å². The number of aromatic nitrogens is 3. The van der Waals surface area contributed by atoms with E-state index in [1.165, 1.54) is 6.33 Å². The molecule has 0 aliphatic heterocycles. The Morgan fingerprint density at radius 3 is 2.26 bits per heavy atom. The van der Waals surface area contributed by atoms with Crippen molar-refractivity contribution in [1.29, 1.82) is 0 Å². The second kappa shape index (κ2) is 8.65. The lowest BCUT2D eigenvalue weighted by molar-refractivity contribution is -0.111. The molecule has 7 nitrogen and oxygen atoms in total. The Kier molecular flexibility index (Phi) is 5.82. The van der Waals surface area contributed by atoms with Gasteiger partial charge in [-0.05, 0) is 49.2 Å². The number of nitrogens with zero attached hydrogens (tertiary/aromatic N) is 3. The van der Waals surface area contributed by atoms with Gasteiger partial charge in [-0.3, -0.25) is 4.79 Å². The minimum absolute atomic E-state index is 0.353. The number of benzene rings is 2. The monoisotopic (exact) mass is 378 g/mol. The van der Waals surface area contributed by atoms with E-state index < -0.39 is 0 Å². The predicted octanol–water partition coefficient (Wildman–Crippen LogP) is 3.97. The van der Waals surface area contributed by atoms with Crippen LogP contribution in [0.1, 0.15) is 6.92 Å². The van der Waals surface area contributed by atoms with Gasteiger partial charge in [-0.1, -0.05) is 29.7 Å². The molecule has 27 heavy (non-hydrogen) atoms. The summed E-state index contributed by atoms with van der Waals surface area (Å²) < 4.78 is 0. The first-order valence-electron chi connectivity index (χ1n) is 7.95. The van der Waals surface area contributed by atoms with Crippen molar-refractivity contribution in [2.75, 3.05) is 16.0 Å². The summed E-state index contributed by atoms with van der Waals surface area (Å²) in [5, 5.41) is 9.43. The van der Waals surface area contributed by atoms with Crippen LogP contribution in [0.25, 0.3) is 0 Å². The van der Waals surface area contributed by atoms with Crippen LogP contribution in [-0.2, 0) is 4.79 Å². The van der Waals surface area contributed by atoms with Gasteiger partial charge < -0.3 is 16.0 Å². The predicted molar refractivity (Wildman–Crippen MR) is 106 cm³/mol. The molecule has 0 atom stereocenters. The fourth-order valence-electron chi connectivity index (χ4n) is 2.19. The molecule has 3 aromatic rings. The molecule has 1 amide bonds. The highest BCUT2D eigenvalue weighted by atomic mass is 35.5. The summed E-state index contributed by atoms with van der Waals surface area (Å²) in [6, 6.07) is 14.4. The molecule has 0 saturated carbocycles. The lowest BCUT2D eigenvalue weighted by Crippen LogP contribution is -2.08. The van der Waals surface area contributed by atoms with Crippen molar-refractivity contribution >= 4 is 46.5 Å².